The maximum absolute atomic E-state index is 8.93. The molecule has 1 aliphatic rings. The zero-order valence-electron chi connectivity index (χ0n) is 7.70. The van der Waals surface area contributed by atoms with Gasteiger partial charge in [0.25, 0.3) is 0 Å². The Bertz CT molecular complexity index is 334. The summed E-state index contributed by atoms with van der Waals surface area (Å²) in [7, 11) is 2.03. The van der Waals surface area contributed by atoms with Gasteiger partial charge in [0.2, 0.25) is 0 Å². The SMILES string of the molecule is Cn1cccc1C1CNCC1C#N. The van der Waals surface area contributed by atoms with Crippen LogP contribution in [0.1, 0.15) is 11.6 Å². The van der Waals surface area contributed by atoms with E-state index < -0.39 is 0 Å². The predicted octanol–water partition coefficient (Wildman–Crippen LogP) is 0.852. The lowest BCUT2D eigenvalue weighted by molar-refractivity contribution is 0.603. The van der Waals surface area contributed by atoms with Gasteiger partial charge in [0, 0.05) is 37.9 Å². The van der Waals surface area contributed by atoms with E-state index in [9.17, 15) is 0 Å². The number of aryl methyl sites for hydroxylation is 1. The Morgan fingerprint density at radius 1 is 1.62 bits per heavy atom. The molecule has 1 aromatic rings. The molecule has 0 spiro atoms. The van der Waals surface area contributed by atoms with Gasteiger partial charge in [-0.3, -0.25) is 0 Å². The Balaban J connectivity index is 2.27. The van der Waals surface area contributed by atoms with Gasteiger partial charge in [-0.15, -0.1) is 0 Å². The number of nitrogens with zero attached hydrogens (tertiary/aromatic N) is 2. The van der Waals surface area contributed by atoms with E-state index in [-0.39, 0.29) is 5.92 Å². The Labute approximate surface area is 78.0 Å². The van der Waals surface area contributed by atoms with Crippen LogP contribution < -0.4 is 5.32 Å². The summed E-state index contributed by atoms with van der Waals surface area (Å²) in [5, 5.41) is 12.2. The summed E-state index contributed by atoms with van der Waals surface area (Å²) in [6.45, 7) is 1.75. The lowest BCUT2D eigenvalue weighted by Gasteiger charge is -2.13. The molecule has 0 saturated carbocycles. The van der Waals surface area contributed by atoms with Crippen LogP contribution in [0.25, 0.3) is 0 Å². The van der Waals surface area contributed by atoms with E-state index in [4.69, 9.17) is 5.26 Å². The lowest BCUT2D eigenvalue weighted by Crippen LogP contribution is -2.12. The molecule has 0 aliphatic carbocycles. The molecular formula is C10H13N3. The van der Waals surface area contributed by atoms with Gasteiger partial charge in [-0.25, -0.2) is 0 Å². The number of nitriles is 1. The third-order valence-electron chi connectivity index (χ3n) is 2.74. The van der Waals surface area contributed by atoms with Crippen LogP contribution in [-0.2, 0) is 7.05 Å². The van der Waals surface area contributed by atoms with E-state index in [2.05, 4.69) is 22.0 Å². The highest BCUT2D eigenvalue weighted by atomic mass is 15.0. The lowest BCUT2D eigenvalue weighted by atomic mass is 9.94. The summed E-state index contributed by atoms with van der Waals surface area (Å²) >= 11 is 0. The first-order valence-corrected chi connectivity index (χ1v) is 4.54. The highest BCUT2D eigenvalue weighted by Crippen LogP contribution is 2.27. The summed E-state index contributed by atoms with van der Waals surface area (Å²) < 4.78 is 2.10. The first-order chi connectivity index (χ1) is 6.33. The molecular weight excluding hydrogens is 162 g/mol. The molecule has 2 heterocycles. The van der Waals surface area contributed by atoms with Gasteiger partial charge in [-0.1, -0.05) is 0 Å². The molecule has 0 bridgehead atoms. The Morgan fingerprint density at radius 2 is 2.46 bits per heavy atom. The molecule has 0 aromatic carbocycles. The molecule has 13 heavy (non-hydrogen) atoms. The summed E-state index contributed by atoms with van der Waals surface area (Å²) in [6.07, 6.45) is 2.03. The molecule has 0 radical (unpaired) electrons. The molecule has 1 aliphatic heterocycles. The molecule has 1 saturated heterocycles. The first kappa shape index (κ1) is 8.33. The molecule has 68 valence electrons. The van der Waals surface area contributed by atoms with Crippen LogP contribution in [0.3, 0.4) is 0 Å². The minimum absolute atomic E-state index is 0.133. The van der Waals surface area contributed by atoms with Gasteiger partial charge in [0.05, 0.1) is 12.0 Å². The minimum atomic E-state index is 0.133. The Hall–Kier alpha value is -1.27. The van der Waals surface area contributed by atoms with Crippen molar-refractivity contribution in [2.45, 2.75) is 5.92 Å². The number of aromatic nitrogens is 1. The van der Waals surface area contributed by atoms with Crippen molar-refractivity contribution < 1.29 is 0 Å². The van der Waals surface area contributed by atoms with Gasteiger partial charge in [-0.05, 0) is 12.1 Å². The smallest absolute Gasteiger partial charge is 0.0683 e. The van der Waals surface area contributed by atoms with Crippen molar-refractivity contribution in [1.82, 2.24) is 9.88 Å². The highest BCUT2D eigenvalue weighted by Gasteiger charge is 2.29. The summed E-state index contributed by atoms with van der Waals surface area (Å²) in [4.78, 5) is 0. The van der Waals surface area contributed by atoms with E-state index in [1.807, 2.05) is 19.3 Å². The maximum atomic E-state index is 8.93. The van der Waals surface area contributed by atoms with Crippen molar-refractivity contribution in [3.63, 3.8) is 0 Å². The van der Waals surface area contributed by atoms with E-state index in [1.54, 1.807) is 0 Å². The predicted molar refractivity (Wildman–Crippen MR) is 50.1 cm³/mol. The fraction of sp³-hybridized carbons (Fsp3) is 0.500. The molecule has 2 atom stereocenters. The van der Waals surface area contributed by atoms with Crippen LogP contribution in [0.4, 0.5) is 0 Å². The number of hydrogen-bond acceptors (Lipinski definition) is 2. The maximum Gasteiger partial charge on any atom is 0.0683 e. The largest absolute Gasteiger partial charge is 0.354 e. The van der Waals surface area contributed by atoms with Gasteiger partial charge in [-0.2, -0.15) is 5.26 Å². The molecule has 3 nitrogen and oxygen atoms in total. The second kappa shape index (κ2) is 3.23. The van der Waals surface area contributed by atoms with E-state index >= 15 is 0 Å². The quantitative estimate of drug-likeness (QED) is 0.687. The summed E-state index contributed by atoms with van der Waals surface area (Å²) in [5.74, 6) is 0.499. The van der Waals surface area contributed by atoms with Crippen LogP contribution in [0.5, 0.6) is 0 Å². The van der Waals surface area contributed by atoms with Crippen molar-refractivity contribution in [3.05, 3.63) is 24.0 Å². The average Bonchev–Trinajstić information content (AvgIpc) is 2.71. The minimum Gasteiger partial charge on any atom is -0.354 e. The number of hydrogen-bond donors (Lipinski definition) is 1. The van der Waals surface area contributed by atoms with Crippen molar-refractivity contribution in [3.8, 4) is 6.07 Å². The fourth-order valence-corrected chi connectivity index (χ4v) is 1.98. The van der Waals surface area contributed by atoms with Crippen molar-refractivity contribution in [1.29, 1.82) is 5.26 Å². The van der Waals surface area contributed by atoms with Gasteiger partial charge < -0.3 is 9.88 Å². The third-order valence-corrected chi connectivity index (χ3v) is 2.74. The molecule has 2 unspecified atom stereocenters. The summed E-state index contributed by atoms with van der Waals surface area (Å²) in [5.41, 5.74) is 1.26. The van der Waals surface area contributed by atoms with Gasteiger partial charge in [0.1, 0.15) is 0 Å². The second-order valence-electron chi connectivity index (χ2n) is 3.54. The number of nitrogens with one attached hydrogen (secondary N) is 1. The molecule has 1 fully saturated rings. The van der Waals surface area contributed by atoms with E-state index in [0.717, 1.165) is 13.1 Å². The topological polar surface area (TPSA) is 40.8 Å². The molecule has 2 rings (SSSR count). The fourth-order valence-electron chi connectivity index (χ4n) is 1.98. The van der Waals surface area contributed by atoms with Crippen LogP contribution >= 0.6 is 0 Å². The normalized spacial score (nSPS) is 27.4. The zero-order valence-corrected chi connectivity index (χ0v) is 7.70. The van der Waals surface area contributed by atoms with Crippen molar-refractivity contribution in [2.24, 2.45) is 13.0 Å². The second-order valence-corrected chi connectivity index (χ2v) is 3.54. The third kappa shape index (κ3) is 1.34. The van der Waals surface area contributed by atoms with Gasteiger partial charge in [0.15, 0.2) is 0 Å². The van der Waals surface area contributed by atoms with Crippen LogP contribution in [0.2, 0.25) is 0 Å². The monoisotopic (exact) mass is 175 g/mol. The molecule has 3 heteroatoms. The van der Waals surface area contributed by atoms with Crippen LogP contribution in [0, 0.1) is 17.2 Å². The van der Waals surface area contributed by atoms with Crippen LogP contribution in [0.15, 0.2) is 18.3 Å². The zero-order chi connectivity index (χ0) is 9.26. The molecule has 1 N–H and O–H groups in total. The van der Waals surface area contributed by atoms with E-state index in [1.165, 1.54) is 5.69 Å². The number of rotatable bonds is 1. The highest BCUT2D eigenvalue weighted by molar-refractivity contribution is 5.19. The summed E-state index contributed by atoms with van der Waals surface area (Å²) in [6, 6.07) is 6.48. The van der Waals surface area contributed by atoms with Crippen molar-refractivity contribution in [2.75, 3.05) is 13.1 Å². The first-order valence-electron chi connectivity index (χ1n) is 4.54. The molecule has 0 amide bonds. The standard InChI is InChI=1S/C10H13N3/c1-13-4-2-3-10(13)9-7-12-6-8(9)5-11/h2-4,8-9,12H,6-7H2,1H3. The Morgan fingerprint density at radius 3 is 3.08 bits per heavy atom. The molecule has 1 aromatic heterocycles. The average molecular weight is 175 g/mol. The van der Waals surface area contributed by atoms with Crippen molar-refractivity contribution >= 4 is 0 Å². The van der Waals surface area contributed by atoms with E-state index in [0.29, 0.717) is 5.92 Å². The van der Waals surface area contributed by atoms with Gasteiger partial charge >= 0.3 is 0 Å². The van der Waals surface area contributed by atoms with Crippen LogP contribution in [-0.4, -0.2) is 17.7 Å². The Kier molecular flexibility index (Phi) is 2.07.